The first-order valence-electron chi connectivity index (χ1n) is 6.87. The molecule has 0 radical (unpaired) electrons. The minimum atomic E-state index is 0.511. The maximum atomic E-state index is 5.88. The number of anilines is 1. The first-order valence-corrected chi connectivity index (χ1v) is 6.87. The van der Waals surface area contributed by atoms with Crippen LogP contribution in [0.15, 0.2) is 30.3 Å². The van der Waals surface area contributed by atoms with Gasteiger partial charge in [-0.3, -0.25) is 0 Å². The van der Waals surface area contributed by atoms with E-state index in [-0.39, 0.29) is 0 Å². The molecule has 20 heavy (non-hydrogen) atoms. The summed E-state index contributed by atoms with van der Waals surface area (Å²) in [5.41, 5.74) is 3.69. The van der Waals surface area contributed by atoms with Crippen LogP contribution in [0.4, 0.5) is 5.82 Å². The van der Waals surface area contributed by atoms with Gasteiger partial charge in [0.2, 0.25) is 5.88 Å². The molecule has 5 heteroatoms. The van der Waals surface area contributed by atoms with Crippen molar-refractivity contribution in [2.24, 2.45) is 5.84 Å². The maximum Gasteiger partial charge on any atom is 0.224 e. The predicted octanol–water partition coefficient (Wildman–Crippen LogP) is 3.07. The number of hydrogen-bond donors (Lipinski definition) is 2. The lowest BCUT2D eigenvalue weighted by atomic mass is 10.1. The summed E-state index contributed by atoms with van der Waals surface area (Å²) in [6, 6.07) is 9.64. The number of rotatable bonds is 6. The van der Waals surface area contributed by atoms with Crippen LogP contribution in [0, 0.1) is 0 Å². The molecule has 1 aromatic carbocycles. The Hall–Kier alpha value is -2.14. The molecule has 0 aliphatic carbocycles. The molecule has 106 valence electrons. The van der Waals surface area contributed by atoms with Crippen molar-refractivity contribution in [3.63, 3.8) is 0 Å². The fourth-order valence-electron chi connectivity index (χ4n) is 1.94. The minimum absolute atomic E-state index is 0.511. The van der Waals surface area contributed by atoms with E-state index < -0.39 is 0 Å². The summed E-state index contributed by atoms with van der Waals surface area (Å²) in [5.74, 6) is 8.06. The number of ether oxygens (including phenoxy) is 1. The number of hydrazine groups is 1. The monoisotopic (exact) mass is 272 g/mol. The number of nitrogens with two attached hydrogens (primary N) is 1. The third kappa shape index (κ3) is 3.45. The molecule has 0 aliphatic heterocycles. The fraction of sp³-hybridized carbons (Fsp3) is 0.333. The Morgan fingerprint density at radius 3 is 2.70 bits per heavy atom. The maximum absolute atomic E-state index is 5.88. The second-order valence-electron chi connectivity index (χ2n) is 4.47. The zero-order chi connectivity index (χ0) is 14.4. The molecule has 0 saturated carbocycles. The number of hydrogen-bond acceptors (Lipinski definition) is 5. The van der Waals surface area contributed by atoms with Crippen LogP contribution in [0.2, 0.25) is 0 Å². The molecule has 0 bridgehead atoms. The van der Waals surface area contributed by atoms with E-state index in [4.69, 9.17) is 10.6 Å². The number of para-hydroxylation sites is 1. The minimum Gasteiger partial charge on any atom is -0.439 e. The van der Waals surface area contributed by atoms with Crippen molar-refractivity contribution in [2.75, 3.05) is 5.43 Å². The van der Waals surface area contributed by atoms with E-state index in [0.717, 1.165) is 36.4 Å². The molecule has 0 saturated heterocycles. The van der Waals surface area contributed by atoms with Crippen molar-refractivity contribution < 1.29 is 4.74 Å². The van der Waals surface area contributed by atoms with Crippen LogP contribution in [0.1, 0.15) is 31.7 Å². The van der Waals surface area contributed by atoms with Crippen molar-refractivity contribution >= 4 is 5.82 Å². The van der Waals surface area contributed by atoms with Gasteiger partial charge in [0, 0.05) is 12.5 Å². The molecule has 0 unspecified atom stereocenters. The van der Waals surface area contributed by atoms with Crippen LogP contribution in [0.5, 0.6) is 11.6 Å². The standard InChI is InChI=1S/C15H20N4O/c1-3-7-13-17-14(19-16)10-15(18-13)20-12-9-6-5-8-11(12)4-2/h5-6,8-10H,3-4,7,16H2,1-2H3,(H,17,18,19). The number of nitrogen functional groups attached to an aromatic ring is 1. The summed E-state index contributed by atoms with van der Waals surface area (Å²) in [5, 5.41) is 0. The Labute approximate surface area is 119 Å². The van der Waals surface area contributed by atoms with Crippen molar-refractivity contribution in [1.29, 1.82) is 0 Å². The van der Waals surface area contributed by atoms with E-state index in [0.29, 0.717) is 11.7 Å². The van der Waals surface area contributed by atoms with Crippen molar-refractivity contribution in [3.05, 3.63) is 41.7 Å². The van der Waals surface area contributed by atoms with Crippen LogP contribution < -0.4 is 16.0 Å². The van der Waals surface area contributed by atoms with Gasteiger partial charge in [0.25, 0.3) is 0 Å². The van der Waals surface area contributed by atoms with E-state index in [2.05, 4.69) is 29.2 Å². The first kappa shape index (κ1) is 14.3. The van der Waals surface area contributed by atoms with Crippen LogP contribution in [0.25, 0.3) is 0 Å². The van der Waals surface area contributed by atoms with E-state index in [1.165, 1.54) is 0 Å². The van der Waals surface area contributed by atoms with E-state index in [1.54, 1.807) is 6.07 Å². The van der Waals surface area contributed by atoms with Gasteiger partial charge < -0.3 is 10.2 Å². The summed E-state index contributed by atoms with van der Waals surface area (Å²) >= 11 is 0. The second-order valence-corrected chi connectivity index (χ2v) is 4.47. The highest BCUT2D eigenvalue weighted by atomic mass is 16.5. The normalized spacial score (nSPS) is 10.3. The van der Waals surface area contributed by atoms with Gasteiger partial charge in [0.05, 0.1) is 0 Å². The molecule has 3 N–H and O–H groups in total. The summed E-state index contributed by atoms with van der Waals surface area (Å²) in [4.78, 5) is 8.71. The third-order valence-corrected chi connectivity index (χ3v) is 2.94. The zero-order valence-corrected chi connectivity index (χ0v) is 11.9. The summed E-state index contributed by atoms with van der Waals surface area (Å²) in [6.07, 6.45) is 2.67. The Balaban J connectivity index is 2.30. The molecule has 2 rings (SSSR count). The molecule has 0 amide bonds. The number of nitrogens with one attached hydrogen (secondary N) is 1. The van der Waals surface area contributed by atoms with Gasteiger partial charge in [-0.25, -0.2) is 10.8 Å². The second kappa shape index (κ2) is 6.86. The van der Waals surface area contributed by atoms with Gasteiger partial charge in [0.15, 0.2) is 0 Å². The third-order valence-electron chi connectivity index (χ3n) is 2.94. The van der Waals surface area contributed by atoms with Gasteiger partial charge in [-0.2, -0.15) is 4.98 Å². The topological polar surface area (TPSA) is 73.1 Å². The quantitative estimate of drug-likeness (QED) is 0.624. The molecular weight excluding hydrogens is 252 g/mol. The lowest BCUT2D eigenvalue weighted by Gasteiger charge is -2.11. The lowest BCUT2D eigenvalue weighted by Crippen LogP contribution is -2.11. The molecular formula is C15H20N4O. The van der Waals surface area contributed by atoms with Gasteiger partial charge in [-0.05, 0) is 24.5 Å². The largest absolute Gasteiger partial charge is 0.439 e. The Kier molecular flexibility index (Phi) is 4.90. The Morgan fingerprint density at radius 1 is 1.20 bits per heavy atom. The molecule has 1 heterocycles. The molecule has 0 aliphatic rings. The summed E-state index contributed by atoms with van der Waals surface area (Å²) in [7, 11) is 0. The highest BCUT2D eigenvalue weighted by Crippen LogP contribution is 2.25. The fourth-order valence-corrected chi connectivity index (χ4v) is 1.94. The zero-order valence-electron chi connectivity index (χ0n) is 11.9. The predicted molar refractivity (Wildman–Crippen MR) is 79.7 cm³/mol. The van der Waals surface area contributed by atoms with Crippen molar-refractivity contribution in [3.8, 4) is 11.6 Å². The molecule has 1 aromatic heterocycles. The van der Waals surface area contributed by atoms with Crippen LogP contribution in [0.3, 0.4) is 0 Å². The molecule has 5 nitrogen and oxygen atoms in total. The van der Waals surface area contributed by atoms with Crippen molar-refractivity contribution in [2.45, 2.75) is 33.1 Å². The smallest absolute Gasteiger partial charge is 0.224 e. The molecule has 0 fully saturated rings. The molecule has 0 spiro atoms. The number of aryl methyl sites for hydroxylation is 2. The average Bonchev–Trinajstić information content (AvgIpc) is 2.48. The van der Waals surface area contributed by atoms with Gasteiger partial charge >= 0.3 is 0 Å². The van der Waals surface area contributed by atoms with Gasteiger partial charge in [0.1, 0.15) is 17.4 Å². The van der Waals surface area contributed by atoms with Crippen LogP contribution in [-0.2, 0) is 12.8 Å². The summed E-state index contributed by atoms with van der Waals surface area (Å²) in [6.45, 7) is 4.18. The number of aromatic nitrogens is 2. The van der Waals surface area contributed by atoms with E-state index >= 15 is 0 Å². The number of benzene rings is 1. The number of nitrogens with zero attached hydrogens (tertiary/aromatic N) is 2. The highest BCUT2D eigenvalue weighted by molar-refractivity contribution is 5.41. The SMILES string of the molecule is CCCc1nc(NN)cc(Oc2ccccc2CC)n1. The van der Waals surface area contributed by atoms with Gasteiger partial charge in [-0.15, -0.1) is 0 Å². The average molecular weight is 272 g/mol. The van der Waals surface area contributed by atoms with E-state index in [1.807, 2.05) is 24.3 Å². The Bertz CT molecular complexity index is 572. The lowest BCUT2D eigenvalue weighted by molar-refractivity contribution is 0.453. The highest BCUT2D eigenvalue weighted by Gasteiger charge is 2.08. The first-order chi connectivity index (χ1) is 9.76. The van der Waals surface area contributed by atoms with Crippen LogP contribution >= 0.6 is 0 Å². The van der Waals surface area contributed by atoms with Crippen LogP contribution in [-0.4, -0.2) is 9.97 Å². The van der Waals surface area contributed by atoms with Gasteiger partial charge in [-0.1, -0.05) is 32.0 Å². The van der Waals surface area contributed by atoms with E-state index in [9.17, 15) is 0 Å². The summed E-state index contributed by atoms with van der Waals surface area (Å²) < 4.78 is 5.88. The molecule has 0 atom stereocenters. The van der Waals surface area contributed by atoms with Crippen molar-refractivity contribution in [1.82, 2.24) is 9.97 Å². The Morgan fingerprint density at radius 2 is 2.00 bits per heavy atom. The molecule has 2 aromatic rings.